The molecular formula is C14H22N2O. The highest BCUT2D eigenvalue weighted by atomic mass is 16.3. The van der Waals surface area contributed by atoms with Gasteiger partial charge in [-0.05, 0) is 56.2 Å². The first kappa shape index (κ1) is 12.2. The summed E-state index contributed by atoms with van der Waals surface area (Å²) in [6.45, 7) is 3.03. The minimum atomic E-state index is -0.0738. The number of aliphatic hydroxyl groups is 1. The Balaban J connectivity index is 1.87. The molecule has 17 heavy (non-hydrogen) atoms. The molecule has 0 saturated heterocycles. The summed E-state index contributed by atoms with van der Waals surface area (Å²) in [5.41, 5.74) is 9.00. The molecule has 1 aliphatic rings. The molecule has 0 heterocycles. The topological polar surface area (TPSA) is 58.3 Å². The summed E-state index contributed by atoms with van der Waals surface area (Å²) < 4.78 is 0. The second-order valence-electron chi connectivity index (χ2n) is 5.15. The molecule has 0 radical (unpaired) electrons. The molecule has 3 heteroatoms. The molecule has 1 saturated carbocycles. The minimum Gasteiger partial charge on any atom is -0.397 e. The van der Waals surface area contributed by atoms with Crippen LogP contribution in [0.25, 0.3) is 0 Å². The molecule has 94 valence electrons. The fourth-order valence-corrected chi connectivity index (χ4v) is 2.43. The summed E-state index contributed by atoms with van der Waals surface area (Å²) in [5, 5.41) is 12.9. The number of nitrogen functional groups attached to an aromatic ring is 1. The highest BCUT2D eigenvalue weighted by Crippen LogP contribution is 2.26. The third-order valence-electron chi connectivity index (χ3n) is 3.61. The van der Waals surface area contributed by atoms with Gasteiger partial charge in [0.05, 0.1) is 17.5 Å². The van der Waals surface area contributed by atoms with E-state index in [1.54, 1.807) is 0 Å². The van der Waals surface area contributed by atoms with Crippen molar-refractivity contribution in [2.24, 2.45) is 5.92 Å². The molecule has 0 unspecified atom stereocenters. The smallest absolute Gasteiger partial charge is 0.0576 e. The lowest BCUT2D eigenvalue weighted by molar-refractivity contribution is 0.111. The Labute approximate surface area is 103 Å². The fraction of sp³-hybridized carbons (Fsp3) is 0.571. The second-order valence-corrected chi connectivity index (χ2v) is 5.15. The van der Waals surface area contributed by atoms with Gasteiger partial charge in [0.25, 0.3) is 0 Å². The number of nitrogens with two attached hydrogens (primary N) is 1. The van der Waals surface area contributed by atoms with Crippen LogP contribution in [0.5, 0.6) is 0 Å². The van der Waals surface area contributed by atoms with Crippen molar-refractivity contribution in [3.63, 3.8) is 0 Å². The molecule has 2 rings (SSSR count). The zero-order valence-corrected chi connectivity index (χ0v) is 10.4. The zero-order valence-electron chi connectivity index (χ0n) is 10.4. The first-order valence-corrected chi connectivity index (χ1v) is 6.43. The van der Waals surface area contributed by atoms with Gasteiger partial charge < -0.3 is 16.2 Å². The van der Waals surface area contributed by atoms with Crippen LogP contribution < -0.4 is 11.1 Å². The number of anilines is 2. The lowest BCUT2D eigenvalue weighted by atomic mass is 9.87. The van der Waals surface area contributed by atoms with Gasteiger partial charge in [-0.15, -0.1) is 0 Å². The summed E-state index contributed by atoms with van der Waals surface area (Å²) in [6, 6.07) is 6.06. The van der Waals surface area contributed by atoms with Crippen molar-refractivity contribution in [2.45, 2.75) is 38.7 Å². The van der Waals surface area contributed by atoms with Crippen molar-refractivity contribution < 1.29 is 5.11 Å². The molecule has 1 aromatic rings. The van der Waals surface area contributed by atoms with Gasteiger partial charge >= 0.3 is 0 Å². The predicted molar refractivity (Wildman–Crippen MR) is 72.0 cm³/mol. The highest BCUT2D eigenvalue weighted by molar-refractivity contribution is 5.66. The fourth-order valence-electron chi connectivity index (χ4n) is 2.43. The van der Waals surface area contributed by atoms with Gasteiger partial charge in [-0.3, -0.25) is 0 Å². The van der Waals surface area contributed by atoms with Crippen LogP contribution in [0.15, 0.2) is 18.2 Å². The summed E-state index contributed by atoms with van der Waals surface area (Å²) in [6.07, 6.45) is 4.03. The van der Waals surface area contributed by atoms with Gasteiger partial charge in [0.15, 0.2) is 0 Å². The maximum Gasteiger partial charge on any atom is 0.0576 e. The molecule has 3 nitrogen and oxygen atoms in total. The number of rotatable bonds is 3. The highest BCUT2D eigenvalue weighted by Gasteiger charge is 2.19. The molecule has 0 bridgehead atoms. The third kappa shape index (κ3) is 3.37. The van der Waals surface area contributed by atoms with Crippen LogP contribution >= 0.6 is 0 Å². The summed E-state index contributed by atoms with van der Waals surface area (Å²) in [5.74, 6) is 0.665. The monoisotopic (exact) mass is 234 g/mol. The van der Waals surface area contributed by atoms with Crippen molar-refractivity contribution >= 4 is 11.4 Å². The molecule has 0 amide bonds. The van der Waals surface area contributed by atoms with E-state index in [1.807, 2.05) is 12.1 Å². The Bertz CT molecular complexity index is 370. The second kappa shape index (κ2) is 5.41. The quantitative estimate of drug-likeness (QED) is 0.704. The van der Waals surface area contributed by atoms with Crippen molar-refractivity contribution in [3.8, 4) is 0 Å². The average Bonchev–Trinajstić information content (AvgIpc) is 2.32. The summed E-state index contributed by atoms with van der Waals surface area (Å²) in [7, 11) is 0. The lowest BCUT2D eigenvalue weighted by Gasteiger charge is -2.26. The summed E-state index contributed by atoms with van der Waals surface area (Å²) >= 11 is 0. The van der Waals surface area contributed by atoms with Gasteiger partial charge in [0.2, 0.25) is 0 Å². The van der Waals surface area contributed by atoms with Crippen LogP contribution in [-0.2, 0) is 0 Å². The molecule has 1 aromatic carbocycles. The van der Waals surface area contributed by atoms with E-state index in [0.717, 1.165) is 43.6 Å². The Hall–Kier alpha value is -1.22. The van der Waals surface area contributed by atoms with Crippen molar-refractivity contribution in [3.05, 3.63) is 23.8 Å². The SMILES string of the molecule is Cc1ccc(N)c(NCC2CCC(O)CC2)c1. The number of hydrogen-bond donors (Lipinski definition) is 3. The van der Waals surface area contributed by atoms with Crippen LogP contribution in [0.1, 0.15) is 31.2 Å². The number of nitrogens with one attached hydrogen (secondary N) is 1. The van der Waals surface area contributed by atoms with Crippen molar-refractivity contribution in [1.29, 1.82) is 0 Å². The van der Waals surface area contributed by atoms with E-state index in [9.17, 15) is 5.11 Å². The van der Waals surface area contributed by atoms with Crippen LogP contribution in [0.4, 0.5) is 11.4 Å². The Kier molecular flexibility index (Phi) is 3.89. The van der Waals surface area contributed by atoms with E-state index >= 15 is 0 Å². The van der Waals surface area contributed by atoms with E-state index in [-0.39, 0.29) is 6.10 Å². The van der Waals surface area contributed by atoms with E-state index in [2.05, 4.69) is 18.3 Å². The standard InChI is InChI=1S/C14H22N2O/c1-10-2-7-13(15)14(8-10)16-9-11-3-5-12(17)6-4-11/h2,7-8,11-12,16-17H,3-6,9,15H2,1H3. The van der Waals surface area contributed by atoms with Crippen LogP contribution in [-0.4, -0.2) is 17.8 Å². The molecule has 0 spiro atoms. The maximum atomic E-state index is 9.45. The normalized spacial score (nSPS) is 24.6. The Morgan fingerprint density at radius 1 is 1.29 bits per heavy atom. The zero-order chi connectivity index (χ0) is 12.3. The van der Waals surface area contributed by atoms with E-state index in [4.69, 9.17) is 5.73 Å². The van der Waals surface area contributed by atoms with E-state index in [0.29, 0.717) is 5.92 Å². The number of aryl methyl sites for hydroxylation is 1. The van der Waals surface area contributed by atoms with E-state index < -0.39 is 0 Å². The lowest BCUT2D eigenvalue weighted by Crippen LogP contribution is -2.23. The van der Waals surface area contributed by atoms with Gasteiger partial charge in [0.1, 0.15) is 0 Å². The molecule has 1 fully saturated rings. The molecule has 0 aliphatic heterocycles. The number of benzene rings is 1. The molecular weight excluding hydrogens is 212 g/mol. The first-order valence-electron chi connectivity index (χ1n) is 6.43. The van der Waals surface area contributed by atoms with Crippen LogP contribution in [0.3, 0.4) is 0 Å². The van der Waals surface area contributed by atoms with E-state index in [1.165, 1.54) is 5.56 Å². The first-order chi connectivity index (χ1) is 8.15. The van der Waals surface area contributed by atoms with Crippen molar-refractivity contribution in [2.75, 3.05) is 17.6 Å². The van der Waals surface area contributed by atoms with Gasteiger partial charge in [-0.2, -0.15) is 0 Å². The number of aliphatic hydroxyl groups excluding tert-OH is 1. The molecule has 1 aliphatic carbocycles. The van der Waals surface area contributed by atoms with Gasteiger partial charge in [0, 0.05) is 6.54 Å². The van der Waals surface area contributed by atoms with Crippen molar-refractivity contribution in [1.82, 2.24) is 0 Å². The third-order valence-corrected chi connectivity index (χ3v) is 3.61. The van der Waals surface area contributed by atoms with Gasteiger partial charge in [-0.25, -0.2) is 0 Å². The molecule has 0 aromatic heterocycles. The predicted octanol–water partition coefficient (Wildman–Crippen LogP) is 2.54. The minimum absolute atomic E-state index is 0.0738. The maximum absolute atomic E-state index is 9.45. The average molecular weight is 234 g/mol. The Morgan fingerprint density at radius 2 is 2.00 bits per heavy atom. The summed E-state index contributed by atoms with van der Waals surface area (Å²) in [4.78, 5) is 0. The Morgan fingerprint density at radius 3 is 2.71 bits per heavy atom. The molecule has 0 atom stereocenters. The largest absolute Gasteiger partial charge is 0.397 e. The number of hydrogen-bond acceptors (Lipinski definition) is 3. The van der Waals surface area contributed by atoms with Gasteiger partial charge in [-0.1, -0.05) is 6.07 Å². The molecule has 4 N–H and O–H groups in total. The van der Waals surface area contributed by atoms with Crippen LogP contribution in [0, 0.1) is 12.8 Å². The van der Waals surface area contributed by atoms with Crippen LogP contribution in [0.2, 0.25) is 0 Å².